The summed E-state index contributed by atoms with van der Waals surface area (Å²) in [7, 11) is 0. The smallest absolute Gasteiger partial charge is 0.475 e. The predicted octanol–water partition coefficient (Wildman–Crippen LogP) is 1.39. The van der Waals surface area contributed by atoms with Gasteiger partial charge in [0.1, 0.15) is 6.04 Å². The zero-order valence-corrected chi connectivity index (χ0v) is 18.3. The minimum atomic E-state index is -5.08. The number of alkyl halides is 3. The monoisotopic (exact) mass is 490 g/mol. The van der Waals surface area contributed by atoms with Gasteiger partial charge in [-0.05, 0) is 37.9 Å². The van der Waals surface area contributed by atoms with Crippen LogP contribution in [0.4, 0.5) is 13.2 Å². The second kappa shape index (κ2) is 13.3. The Balaban J connectivity index is 0.000000675. The van der Waals surface area contributed by atoms with Crippen LogP contribution in [-0.4, -0.2) is 59.0 Å². The van der Waals surface area contributed by atoms with E-state index in [0.717, 1.165) is 10.2 Å². The van der Waals surface area contributed by atoms with Crippen molar-refractivity contribution in [3.63, 3.8) is 0 Å². The number of hydrogen-bond donors (Lipinski definition) is 5. The van der Waals surface area contributed by atoms with Crippen molar-refractivity contribution < 1.29 is 32.7 Å². The number of hydrogen-bond acceptors (Lipinski definition) is 7. The number of nitrogens with two attached hydrogens (primary N) is 3. The second-order valence-corrected chi connectivity index (χ2v) is 7.64. The van der Waals surface area contributed by atoms with Gasteiger partial charge in [-0.1, -0.05) is 12.1 Å². The third kappa shape index (κ3) is 10.3. The van der Waals surface area contributed by atoms with Crippen molar-refractivity contribution in [2.24, 2.45) is 22.2 Å². The van der Waals surface area contributed by atoms with E-state index in [1.165, 1.54) is 11.3 Å². The largest absolute Gasteiger partial charge is 0.490 e. The molecule has 14 heteroatoms. The molecule has 33 heavy (non-hydrogen) atoms. The molecule has 1 atom stereocenters. The fourth-order valence-electron chi connectivity index (χ4n) is 2.43. The third-order valence-electron chi connectivity index (χ3n) is 3.94. The summed E-state index contributed by atoms with van der Waals surface area (Å²) < 4.78 is 32.7. The fraction of sp³-hybridized carbons (Fsp3) is 0.421. The summed E-state index contributed by atoms with van der Waals surface area (Å²) in [5, 5.41) is 10.3. The zero-order chi connectivity index (χ0) is 25.0. The zero-order valence-electron chi connectivity index (χ0n) is 17.5. The number of thiazole rings is 1. The van der Waals surface area contributed by atoms with Crippen LogP contribution in [0.3, 0.4) is 0 Å². The van der Waals surface area contributed by atoms with Crippen LogP contribution >= 0.6 is 11.3 Å². The van der Waals surface area contributed by atoms with Gasteiger partial charge in [0.05, 0.1) is 10.2 Å². The van der Waals surface area contributed by atoms with Gasteiger partial charge in [0.15, 0.2) is 11.0 Å². The number of carbonyl (C=O) groups excluding carboxylic acids is 2. The fourth-order valence-corrected chi connectivity index (χ4v) is 3.38. The summed E-state index contributed by atoms with van der Waals surface area (Å²) in [6, 6.07) is 6.83. The van der Waals surface area contributed by atoms with Gasteiger partial charge in [0, 0.05) is 13.0 Å². The first kappa shape index (κ1) is 27.8. The van der Waals surface area contributed by atoms with Crippen LogP contribution in [0.1, 0.15) is 35.5 Å². The summed E-state index contributed by atoms with van der Waals surface area (Å²) >= 11 is 1.32. The van der Waals surface area contributed by atoms with E-state index in [1.807, 2.05) is 24.3 Å². The van der Waals surface area contributed by atoms with E-state index in [0.29, 0.717) is 43.8 Å². The van der Waals surface area contributed by atoms with Crippen molar-refractivity contribution in [3.8, 4) is 0 Å². The van der Waals surface area contributed by atoms with Gasteiger partial charge >= 0.3 is 12.1 Å². The molecule has 0 aliphatic carbocycles. The Labute approximate surface area is 191 Å². The topological polar surface area (TPSA) is 187 Å². The maximum Gasteiger partial charge on any atom is 0.490 e. The first-order valence-corrected chi connectivity index (χ1v) is 10.5. The Morgan fingerprint density at radius 2 is 1.82 bits per heavy atom. The molecule has 2 rings (SSSR count). The van der Waals surface area contributed by atoms with Gasteiger partial charge in [-0.15, -0.1) is 11.3 Å². The molecule has 182 valence electrons. The van der Waals surface area contributed by atoms with E-state index in [4.69, 9.17) is 27.1 Å². The molecule has 1 unspecified atom stereocenters. The molecule has 1 amide bonds. The highest BCUT2D eigenvalue weighted by Gasteiger charge is 2.38. The Hall–Kier alpha value is -3.26. The molecule has 1 aromatic heterocycles. The van der Waals surface area contributed by atoms with Gasteiger partial charge in [-0.2, -0.15) is 13.2 Å². The summed E-state index contributed by atoms with van der Waals surface area (Å²) in [4.78, 5) is 41.6. The first-order chi connectivity index (χ1) is 15.5. The maximum absolute atomic E-state index is 12.7. The number of nitrogens with zero attached hydrogens (tertiary/aromatic N) is 2. The van der Waals surface area contributed by atoms with Crippen LogP contribution in [0, 0.1) is 0 Å². The van der Waals surface area contributed by atoms with E-state index in [9.17, 15) is 22.8 Å². The van der Waals surface area contributed by atoms with Gasteiger partial charge < -0.3 is 27.6 Å². The number of guanidine groups is 1. The lowest BCUT2D eigenvalue weighted by Gasteiger charge is -2.11. The number of aliphatic imine (C=N–C) groups is 1. The molecular formula is C19H25F3N6O4S. The number of aromatic nitrogens is 1. The Kier molecular flexibility index (Phi) is 11.2. The molecular weight excluding hydrogens is 465 g/mol. The molecule has 0 saturated carbocycles. The Bertz CT molecular complexity index is 943. The number of carboxylic acid groups (broad SMARTS) is 1. The van der Waals surface area contributed by atoms with Crippen molar-refractivity contribution in [1.29, 1.82) is 0 Å². The van der Waals surface area contributed by atoms with Crippen molar-refractivity contribution in [2.75, 3.05) is 13.1 Å². The number of carboxylic acids is 1. The highest BCUT2D eigenvalue weighted by atomic mass is 32.1. The van der Waals surface area contributed by atoms with Crippen molar-refractivity contribution in [2.45, 2.75) is 37.9 Å². The Morgan fingerprint density at radius 1 is 1.18 bits per heavy atom. The van der Waals surface area contributed by atoms with Gasteiger partial charge in [0.25, 0.3) is 0 Å². The lowest BCUT2D eigenvalue weighted by molar-refractivity contribution is -0.192. The summed E-state index contributed by atoms with van der Waals surface area (Å²) in [5.74, 6) is -3.16. The van der Waals surface area contributed by atoms with Gasteiger partial charge in [-0.25, -0.2) is 14.8 Å². The standard InChI is InChI=1S/C17H24N6O2S.C2HF3O2/c18-9-3-8-14(24)21-10-4-6-12(23-17(19)20)15(25)16-22-11-5-1-2-7-13(11)26-16;3-2(4,5)1(6)7/h1-2,5,7,12H,3-4,6,8-10,18H2,(H,21,24)(H4,19,20,23);(H,6,7). The number of benzene rings is 1. The molecule has 0 aliphatic heterocycles. The van der Waals surface area contributed by atoms with E-state index in [-0.39, 0.29) is 17.6 Å². The number of halogens is 3. The maximum atomic E-state index is 12.7. The van der Waals surface area contributed by atoms with Crippen LogP contribution in [-0.2, 0) is 9.59 Å². The SMILES string of the molecule is NCCCC(=O)NCCCC(N=C(N)N)C(=O)c1nc2ccccc2s1.O=C(O)C(F)(F)F. The van der Waals surface area contributed by atoms with Crippen LogP contribution in [0.2, 0.25) is 0 Å². The van der Waals surface area contributed by atoms with Crippen LogP contribution in [0.25, 0.3) is 10.2 Å². The number of ketones is 1. The van der Waals surface area contributed by atoms with Crippen molar-refractivity contribution in [3.05, 3.63) is 29.3 Å². The van der Waals surface area contributed by atoms with E-state index in [2.05, 4.69) is 15.3 Å². The number of aliphatic carboxylic acids is 1. The molecule has 0 spiro atoms. The molecule has 0 aliphatic rings. The molecule has 0 saturated heterocycles. The molecule has 0 bridgehead atoms. The number of nitrogens with one attached hydrogen (secondary N) is 1. The number of Topliss-reactive ketones (excluding diaryl/α,β-unsaturated/α-hetero) is 1. The molecule has 0 fully saturated rings. The predicted molar refractivity (Wildman–Crippen MR) is 118 cm³/mol. The van der Waals surface area contributed by atoms with Gasteiger partial charge in [-0.3, -0.25) is 9.59 Å². The first-order valence-electron chi connectivity index (χ1n) is 9.71. The summed E-state index contributed by atoms with van der Waals surface area (Å²) in [6.45, 7) is 0.934. The quantitative estimate of drug-likeness (QED) is 0.143. The molecule has 10 nitrogen and oxygen atoms in total. The summed E-state index contributed by atoms with van der Waals surface area (Å²) in [6.07, 6.45) is -3.03. The van der Waals surface area contributed by atoms with Crippen molar-refractivity contribution in [1.82, 2.24) is 10.3 Å². The average Bonchev–Trinajstić information content (AvgIpc) is 3.17. The molecule has 1 aromatic carbocycles. The third-order valence-corrected chi connectivity index (χ3v) is 4.99. The number of rotatable bonds is 10. The normalized spacial score (nSPS) is 11.8. The average molecular weight is 491 g/mol. The van der Waals surface area contributed by atoms with Crippen LogP contribution in [0.15, 0.2) is 29.3 Å². The van der Waals surface area contributed by atoms with Crippen molar-refractivity contribution >= 4 is 45.2 Å². The number of carbonyl (C=O) groups is 3. The summed E-state index contributed by atoms with van der Waals surface area (Å²) in [5.41, 5.74) is 17.1. The van der Waals surface area contributed by atoms with E-state index < -0.39 is 18.2 Å². The minimum Gasteiger partial charge on any atom is -0.475 e. The molecule has 1 heterocycles. The minimum absolute atomic E-state index is 0.0497. The van der Waals surface area contributed by atoms with Gasteiger partial charge in [0.2, 0.25) is 11.7 Å². The lowest BCUT2D eigenvalue weighted by atomic mass is 10.1. The van der Waals surface area contributed by atoms with Crippen LogP contribution < -0.4 is 22.5 Å². The lowest BCUT2D eigenvalue weighted by Crippen LogP contribution is -2.30. The number of para-hydroxylation sites is 1. The molecule has 8 N–H and O–H groups in total. The number of amides is 1. The van der Waals surface area contributed by atoms with E-state index >= 15 is 0 Å². The molecule has 0 radical (unpaired) electrons. The highest BCUT2D eigenvalue weighted by Crippen LogP contribution is 2.24. The molecule has 2 aromatic rings. The highest BCUT2D eigenvalue weighted by molar-refractivity contribution is 7.20. The number of fused-ring (bicyclic) bond motifs is 1. The second-order valence-electron chi connectivity index (χ2n) is 6.61. The Morgan fingerprint density at radius 3 is 2.36 bits per heavy atom. The van der Waals surface area contributed by atoms with E-state index in [1.54, 1.807) is 0 Å². The van der Waals surface area contributed by atoms with Crippen LogP contribution in [0.5, 0.6) is 0 Å².